The van der Waals surface area contributed by atoms with Gasteiger partial charge in [0.2, 0.25) is 10.0 Å². The Kier molecular flexibility index (Phi) is 8.14. The lowest BCUT2D eigenvalue weighted by Crippen LogP contribution is -2.36. The van der Waals surface area contributed by atoms with Crippen LogP contribution in [0.2, 0.25) is 5.02 Å². The molecule has 40 heavy (non-hydrogen) atoms. The first-order valence-corrected chi connectivity index (χ1v) is 14.5. The summed E-state index contributed by atoms with van der Waals surface area (Å²) >= 11 is 6.11. The molecule has 0 unspecified atom stereocenters. The summed E-state index contributed by atoms with van der Waals surface area (Å²) in [5.74, 6) is 0.415. The predicted octanol–water partition coefficient (Wildman–Crippen LogP) is 3.36. The van der Waals surface area contributed by atoms with E-state index in [1.54, 1.807) is 18.6 Å². The van der Waals surface area contributed by atoms with E-state index in [2.05, 4.69) is 30.0 Å². The van der Waals surface area contributed by atoms with Crippen molar-refractivity contribution < 1.29 is 22.7 Å². The smallest absolute Gasteiger partial charge is 0.258 e. The molecule has 14 heteroatoms. The summed E-state index contributed by atoms with van der Waals surface area (Å²) in [5, 5.41) is 7.30. The molecule has 1 aromatic carbocycles. The standard InChI is InChI=1S/C26H26ClN7O5S/c1-40(36,37)32-22-10-20(27)9-21(11-22)31-26(35)19-14-30-34(16-19)25-24(39-17-18-3-2-4-28-13-18)12-23(15-29-25)33-5-7-38-8-6-33/h2-4,9-16,32H,5-8,17H2,1H3,(H,31,35). The SMILES string of the molecule is CS(=O)(=O)Nc1cc(Cl)cc(NC(=O)c2cnn(-c3ncc(N4CCOCC4)cc3OCc3cccnc3)c2)c1. The molecule has 4 aromatic rings. The van der Waals surface area contributed by atoms with Gasteiger partial charge in [-0.2, -0.15) is 5.10 Å². The Morgan fingerprint density at radius 1 is 1.12 bits per heavy atom. The van der Waals surface area contributed by atoms with E-state index in [0.29, 0.717) is 30.5 Å². The number of anilines is 3. The fourth-order valence-corrected chi connectivity index (χ4v) is 4.82. The van der Waals surface area contributed by atoms with Gasteiger partial charge < -0.3 is 19.7 Å². The number of pyridine rings is 2. The number of carbonyl (C=O) groups is 1. The zero-order valence-electron chi connectivity index (χ0n) is 21.4. The zero-order valence-corrected chi connectivity index (χ0v) is 23.0. The molecule has 12 nitrogen and oxygen atoms in total. The van der Waals surface area contributed by atoms with Gasteiger partial charge in [-0.15, -0.1) is 0 Å². The van der Waals surface area contributed by atoms with Crippen LogP contribution in [0.1, 0.15) is 15.9 Å². The maximum absolute atomic E-state index is 13.0. The third kappa shape index (κ3) is 7.05. The van der Waals surface area contributed by atoms with Crippen molar-refractivity contribution in [3.63, 3.8) is 0 Å². The molecule has 3 aromatic heterocycles. The third-order valence-corrected chi connectivity index (χ3v) is 6.66. The van der Waals surface area contributed by atoms with Crippen LogP contribution in [0.4, 0.5) is 17.1 Å². The van der Waals surface area contributed by atoms with Crippen molar-refractivity contribution in [1.82, 2.24) is 19.7 Å². The summed E-state index contributed by atoms with van der Waals surface area (Å²) in [4.78, 5) is 23.9. The van der Waals surface area contributed by atoms with E-state index in [1.165, 1.54) is 35.3 Å². The molecule has 0 radical (unpaired) electrons. The number of nitrogens with zero attached hydrogens (tertiary/aromatic N) is 5. The van der Waals surface area contributed by atoms with E-state index < -0.39 is 15.9 Å². The average molecular weight is 584 g/mol. The molecule has 1 saturated heterocycles. The van der Waals surface area contributed by atoms with E-state index in [-0.39, 0.29) is 22.9 Å². The van der Waals surface area contributed by atoms with Gasteiger partial charge in [-0.3, -0.25) is 14.5 Å². The van der Waals surface area contributed by atoms with E-state index in [0.717, 1.165) is 30.6 Å². The monoisotopic (exact) mass is 583 g/mol. The molecule has 1 amide bonds. The van der Waals surface area contributed by atoms with Crippen molar-refractivity contribution in [3.8, 4) is 11.6 Å². The maximum atomic E-state index is 13.0. The molecular formula is C26H26ClN7O5S. The Labute approximate surface area is 236 Å². The molecule has 0 spiro atoms. The molecular weight excluding hydrogens is 558 g/mol. The van der Waals surface area contributed by atoms with Gasteiger partial charge in [0, 0.05) is 54.0 Å². The summed E-state index contributed by atoms with van der Waals surface area (Å²) in [7, 11) is -3.52. The number of hydrogen-bond donors (Lipinski definition) is 2. The Morgan fingerprint density at radius 3 is 2.67 bits per heavy atom. The highest BCUT2D eigenvalue weighted by atomic mass is 35.5. The Balaban J connectivity index is 1.38. The molecule has 5 rings (SSSR count). The number of halogens is 1. The normalized spacial score (nSPS) is 13.6. The van der Waals surface area contributed by atoms with E-state index in [9.17, 15) is 13.2 Å². The second-order valence-electron chi connectivity index (χ2n) is 9.00. The van der Waals surface area contributed by atoms with Gasteiger partial charge in [0.15, 0.2) is 11.6 Å². The summed E-state index contributed by atoms with van der Waals surface area (Å²) in [6.45, 7) is 3.00. The largest absolute Gasteiger partial charge is 0.485 e. The molecule has 1 aliphatic rings. The number of sulfonamides is 1. The van der Waals surface area contributed by atoms with Gasteiger partial charge in [-0.1, -0.05) is 17.7 Å². The predicted molar refractivity (Wildman–Crippen MR) is 151 cm³/mol. The molecule has 4 heterocycles. The van der Waals surface area contributed by atoms with Crippen LogP contribution >= 0.6 is 11.6 Å². The number of ether oxygens (including phenoxy) is 2. The number of carbonyl (C=O) groups excluding carboxylic acids is 1. The molecule has 0 atom stereocenters. The lowest BCUT2D eigenvalue weighted by Gasteiger charge is -2.29. The summed E-state index contributed by atoms with van der Waals surface area (Å²) in [6.07, 6.45) is 9.11. The first-order valence-electron chi connectivity index (χ1n) is 12.2. The minimum absolute atomic E-state index is 0.223. The van der Waals surface area contributed by atoms with Crippen molar-refractivity contribution in [2.75, 3.05) is 47.5 Å². The fraction of sp³-hybridized carbons (Fsp3) is 0.231. The number of morpholine rings is 1. The van der Waals surface area contributed by atoms with Gasteiger partial charge in [0.1, 0.15) is 6.61 Å². The van der Waals surface area contributed by atoms with Gasteiger partial charge in [0.05, 0.1) is 48.8 Å². The summed E-state index contributed by atoms with van der Waals surface area (Å²) in [6, 6.07) is 10.1. The van der Waals surface area contributed by atoms with Crippen molar-refractivity contribution in [1.29, 1.82) is 0 Å². The van der Waals surface area contributed by atoms with Crippen LogP contribution in [0, 0.1) is 0 Å². The second kappa shape index (κ2) is 11.9. The van der Waals surface area contributed by atoms with Crippen molar-refractivity contribution in [2.45, 2.75) is 6.61 Å². The van der Waals surface area contributed by atoms with E-state index >= 15 is 0 Å². The number of rotatable bonds is 9. The van der Waals surface area contributed by atoms with Crippen molar-refractivity contribution >= 4 is 44.6 Å². The highest BCUT2D eigenvalue weighted by Crippen LogP contribution is 2.28. The van der Waals surface area contributed by atoms with Crippen LogP contribution in [0.15, 0.2) is 67.4 Å². The first kappa shape index (κ1) is 27.4. The highest BCUT2D eigenvalue weighted by molar-refractivity contribution is 7.92. The fourth-order valence-electron chi connectivity index (χ4n) is 4.04. The van der Waals surface area contributed by atoms with E-state index in [4.69, 9.17) is 21.1 Å². The van der Waals surface area contributed by atoms with Gasteiger partial charge in [0.25, 0.3) is 5.91 Å². The topological polar surface area (TPSA) is 141 Å². The number of hydrogen-bond acceptors (Lipinski definition) is 9. The van der Waals surface area contributed by atoms with Crippen LogP contribution < -0.4 is 19.7 Å². The number of benzene rings is 1. The average Bonchev–Trinajstić information content (AvgIpc) is 3.42. The molecule has 2 N–H and O–H groups in total. The molecule has 0 bridgehead atoms. The van der Waals surface area contributed by atoms with Crippen LogP contribution in [0.25, 0.3) is 5.82 Å². The number of amides is 1. The van der Waals surface area contributed by atoms with Gasteiger partial charge in [-0.25, -0.2) is 18.1 Å². The Hall–Kier alpha value is -4.20. The van der Waals surface area contributed by atoms with Gasteiger partial charge >= 0.3 is 0 Å². The van der Waals surface area contributed by atoms with Crippen LogP contribution in [-0.4, -0.2) is 66.6 Å². The molecule has 0 aliphatic carbocycles. The second-order valence-corrected chi connectivity index (χ2v) is 11.2. The van der Waals surface area contributed by atoms with Crippen molar-refractivity contribution in [3.05, 3.63) is 83.5 Å². The summed E-state index contributed by atoms with van der Waals surface area (Å²) in [5.41, 5.74) is 2.55. The third-order valence-electron chi connectivity index (χ3n) is 5.83. The lowest BCUT2D eigenvalue weighted by molar-refractivity contribution is 0.102. The minimum atomic E-state index is -3.52. The molecule has 208 valence electrons. The Morgan fingerprint density at radius 2 is 1.93 bits per heavy atom. The molecule has 0 saturated carbocycles. The van der Waals surface area contributed by atoms with Crippen molar-refractivity contribution in [2.24, 2.45) is 0 Å². The first-order chi connectivity index (χ1) is 19.2. The Bertz CT molecular complexity index is 1610. The minimum Gasteiger partial charge on any atom is -0.485 e. The van der Waals surface area contributed by atoms with Crippen LogP contribution in [0.5, 0.6) is 5.75 Å². The molecule has 1 fully saturated rings. The zero-order chi connectivity index (χ0) is 28.1. The van der Waals surface area contributed by atoms with Gasteiger partial charge in [-0.05, 0) is 24.3 Å². The van der Waals surface area contributed by atoms with Crippen LogP contribution in [-0.2, 0) is 21.4 Å². The summed E-state index contributed by atoms with van der Waals surface area (Å²) < 4.78 is 38.6. The van der Waals surface area contributed by atoms with E-state index in [1.807, 2.05) is 18.2 Å². The molecule has 1 aliphatic heterocycles. The van der Waals surface area contributed by atoms with Crippen LogP contribution in [0.3, 0.4) is 0 Å². The maximum Gasteiger partial charge on any atom is 0.258 e. The number of nitrogens with one attached hydrogen (secondary N) is 2. The number of aromatic nitrogens is 4. The quantitative estimate of drug-likeness (QED) is 0.303. The lowest BCUT2D eigenvalue weighted by atomic mass is 10.2. The highest BCUT2D eigenvalue weighted by Gasteiger charge is 2.18.